The van der Waals surface area contributed by atoms with Crippen LogP contribution >= 0.6 is 0 Å². The van der Waals surface area contributed by atoms with E-state index in [2.05, 4.69) is 244 Å². The molecule has 6 aromatic heterocycles. The first-order valence-corrected chi connectivity index (χ1v) is 27.3. The Labute approximate surface area is 406 Å². The van der Waals surface area contributed by atoms with Crippen molar-refractivity contribution in [3.8, 4) is 17.1 Å². The van der Waals surface area contributed by atoms with Gasteiger partial charge in [-0.1, -0.05) is 127 Å². The Morgan fingerprint density at radius 3 is 1.28 bits per heavy atom. The van der Waals surface area contributed by atoms with Crippen LogP contribution in [0, 0.1) is 0 Å². The van der Waals surface area contributed by atoms with E-state index in [0.717, 1.165) is 94.3 Å². The first kappa shape index (κ1) is 38.8. The van der Waals surface area contributed by atoms with Gasteiger partial charge in [0.1, 0.15) is 30.4 Å². The molecule has 0 bridgehead atoms. The molecule has 71 heavy (non-hydrogen) atoms. The fraction of sp³-hybridized carbons (Fsp3) is 0.0317. The molecular formula is C63H41N5O2Si. The highest BCUT2D eigenvalue weighted by atomic mass is 28.3. The summed E-state index contributed by atoms with van der Waals surface area (Å²) < 4.78 is 22.5. The molecule has 0 saturated carbocycles. The minimum Gasteiger partial charge on any atom is -0.456 e. The number of imidazole rings is 2. The number of hydrogen-bond donors (Lipinski definition) is 0. The minimum atomic E-state index is -2.28. The zero-order chi connectivity index (χ0) is 46.7. The van der Waals surface area contributed by atoms with Gasteiger partial charge in [-0.2, -0.15) is 0 Å². The Balaban J connectivity index is 0.809. The third kappa shape index (κ3) is 5.34. The molecule has 0 aliphatic carbocycles. The molecule has 0 fully saturated rings. The smallest absolute Gasteiger partial charge is 0.220 e. The summed E-state index contributed by atoms with van der Waals surface area (Å²) in [5.41, 5.74) is 15.9. The summed E-state index contributed by atoms with van der Waals surface area (Å²) in [7, 11) is -2.28. The SMILES string of the molecule is C[Si](C)(c1ccc2oc3ccc(-n4c5ccccc5c5cc(-n6c7ccccc7c7ccccc76)ccc54)cc3c2c1)c1ccc2oc3ccc(-n4c5ccccc5n5c6ccccc6nc45)cc3c2c1. The molecule has 0 aliphatic heterocycles. The topological polar surface area (TPSA) is 58.4 Å². The molecule has 0 N–H and O–H groups in total. The molecule has 0 amide bonds. The lowest BCUT2D eigenvalue weighted by atomic mass is 10.1. The maximum atomic E-state index is 6.59. The van der Waals surface area contributed by atoms with Crippen molar-refractivity contribution in [2.45, 2.75) is 13.1 Å². The molecule has 0 aliphatic rings. The third-order valence-corrected chi connectivity index (χ3v) is 19.0. The molecular weight excluding hydrogens is 887 g/mol. The number of furan rings is 2. The second-order valence-corrected chi connectivity index (χ2v) is 24.0. The van der Waals surface area contributed by atoms with E-state index in [0.29, 0.717) is 0 Å². The molecule has 16 aromatic rings. The Hall–Kier alpha value is -9.11. The van der Waals surface area contributed by atoms with E-state index in [4.69, 9.17) is 13.8 Å². The first-order valence-electron chi connectivity index (χ1n) is 24.3. The van der Waals surface area contributed by atoms with Crippen molar-refractivity contribution in [2.75, 3.05) is 0 Å². The molecule has 0 spiro atoms. The molecule has 8 heteroatoms. The van der Waals surface area contributed by atoms with Crippen molar-refractivity contribution in [1.82, 2.24) is 23.1 Å². The van der Waals surface area contributed by atoms with E-state index >= 15 is 0 Å². The maximum Gasteiger partial charge on any atom is 0.220 e. The average molecular weight is 928 g/mol. The lowest BCUT2D eigenvalue weighted by Crippen LogP contribution is -2.52. The van der Waals surface area contributed by atoms with Crippen LogP contribution in [0.25, 0.3) is 132 Å². The van der Waals surface area contributed by atoms with Crippen LogP contribution in [0.5, 0.6) is 0 Å². The lowest BCUT2D eigenvalue weighted by molar-refractivity contribution is 0.668. The number of nitrogens with zero attached hydrogens (tertiary/aromatic N) is 5. The molecule has 0 atom stereocenters. The normalized spacial score (nSPS) is 12.6. The lowest BCUT2D eigenvalue weighted by Gasteiger charge is -2.24. The zero-order valence-electron chi connectivity index (χ0n) is 38.8. The van der Waals surface area contributed by atoms with Gasteiger partial charge in [-0.05, 0) is 109 Å². The highest BCUT2D eigenvalue weighted by Crippen LogP contribution is 2.39. The number of aromatic nitrogens is 5. The fourth-order valence-corrected chi connectivity index (χ4v) is 14.3. The van der Waals surface area contributed by atoms with Gasteiger partial charge in [0, 0.05) is 54.5 Å². The summed E-state index contributed by atoms with van der Waals surface area (Å²) >= 11 is 0. The van der Waals surface area contributed by atoms with Crippen LogP contribution in [0.2, 0.25) is 13.1 Å². The van der Waals surface area contributed by atoms with Crippen LogP contribution in [-0.2, 0) is 0 Å². The fourth-order valence-electron chi connectivity index (χ4n) is 11.9. The van der Waals surface area contributed by atoms with Gasteiger partial charge in [-0.3, -0.25) is 8.97 Å². The van der Waals surface area contributed by atoms with Gasteiger partial charge in [0.15, 0.2) is 0 Å². The summed E-state index contributed by atoms with van der Waals surface area (Å²) in [5, 5.41) is 12.1. The molecule has 0 saturated heterocycles. The van der Waals surface area contributed by atoms with Gasteiger partial charge in [0.25, 0.3) is 0 Å². The minimum absolute atomic E-state index is 0.871. The van der Waals surface area contributed by atoms with Gasteiger partial charge < -0.3 is 18.0 Å². The van der Waals surface area contributed by atoms with Crippen molar-refractivity contribution in [2.24, 2.45) is 0 Å². The molecule has 7 nitrogen and oxygen atoms in total. The number of rotatable bonds is 5. The van der Waals surface area contributed by atoms with E-state index in [-0.39, 0.29) is 0 Å². The van der Waals surface area contributed by atoms with Crippen molar-refractivity contribution < 1.29 is 8.83 Å². The number of fused-ring (bicyclic) bond motifs is 17. The Morgan fingerprint density at radius 1 is 0.324 bits per heavy atom. The highest BCUT2D eigenvalue weighted by molar-refractivity contribution is 7.00. The van der Waals surface area contributed by atoms with E-state index in [9.17, 15) is 0 Å². The second kappa shape index (κ2) is 14.0. The monoisotopic (exact) mass is 927 g/mol. The zero-order valence-corrected chi connectivity index (χ0v) is 39.8. The van der Waals surface area contributed by atoms with Gasteiger partial charge in [-0.15, -0.1) is 0 Å². The summed E-state index contributed by atoms with van der Waals surface area (Å²) in [4.78, 5) is 5.14. The van der Waals surface area contributed by atoms with Crippen LogP contribution < -0.4 is 10.4 Å². The van der Waals surface area contributed by atoms with E-state index in [1.807, 2.05) is 0 Å². The standard InChI is InChI=1S/C63H41N5O2Si/c1-71(2,42-27-32-62-50(37-42)48-35-40(25-30-60(48)70-62)67-57-21-11-12-22-58(57)68-56-20-10-6-16-51(56)64-63(67)68)41-26-31-61-49(36-41)47-34-39(24-29-59(47)69-61)66-54-19-9-5-15-45(54)46-33-38(23-28-55(46)66)65-52-17-7-3-13-43(52)44-14-4-8-18-53(44)65/h3-37H,1-2H3. The van der Waals surface area contributed by atoms with Crippen LogP contribution in [0.3, 0.4) is 0 Å². The first-order chi connectivity index (χ1) is 34.9. The number of para-hydroxylation sites is 7. The molecule has 0 radical (unpaired) electrons. The number of hydrogen-bond acceptors (Lipinski definition) is 3. The highest BCUT2D eigenvalue weighted by Gasteiger charge is 2.29. The van der Waals surface area contributed by atoms with Crippen LogP contribution in [0.4, 0.5) is 0 Å². The van der Waals surface area contributed by atoms with Crippen LogP contribution in [0.15, 0.2) is 221 Å². The van der Waals surface area contributed by atoms with Crippen molar-refractivity contribution in [3.63, 3.8) is 0 Å². The molecule has 0 unspecified atom stereocenters. The van der Waals surface area contributed by atoms with E-state index in [1.54, 1.807) is 0 Å². The van der Waals surface area contributed by atoms with Gasteiger partial charge in [0.2, 0.25) is 5.78 Å². The van der Waals surface area contributed by atoms with Crippen molar-refractivity contribution in [1.29, 1.82) is 0 Å². The molecule has 6 heterocycles. The molecule has 16 rings (SSSR count). The molecule has 334 valence electrons. The second-order valence-electron chi connectivity index (χ2n) is 19.6. The number of benzene rings is 10. The van der Waals surface area contributed by atoms with Gasteiger partial charge >= 0.3 is 0 Å². The van der Waals surface area contributed by atoms with E-state index in [1.165, 1.54) is 48.5 Å². The largest absolute Gasteiger partial charge is 0.456 e. The quantitative estimate of drug-likeness (QED) is 0.162. The average Bonchev–Trinajstić information content (AvgIpc) is 4.26. The predicted octanol–water partition coefficient (Wildman–Crippen LogP) is 15.2. The Bertz CT molecular complexity index is 4890. The van der Waals surface area contributed by atoms with Crippen molar-refractivity contribution in [3.05, 3.63) is 212 Å². The van der Waals surface area contributed by atoms with Gasteiger partial charge in [0.05, 0.1) is 49.8 Å². The Morgan fingerprint density at radius 2 is 0.718 bits per heavy atom. The van der Waals surface area contributed by atoms with Crippen LogP contribution in [-0.4, -0.2) is 31.2 Å². The maximum absolute atomic E-state index is 6.59. The molecule has 10 aromatic carbocycles. The third-order valence-electron chi connectivity index (χ3n) is 15.5. The Kier molecular flexibility index (Phi) is 7.65. The summed E-state index contributed by atoms with van der Waals surface area (Å²) in [6.07, 6.45) is 0. The van der Waals surface area contributed by atoms with Gasteiger partial charge in [-0.25, -0.2) is 4.98 Å². The summed E-state index contributed by atoms with van der Waals surface area (Å²) in [6, 6.07) is 76.9. The summed E-state index contributed by atoms with van der Waals surface area (Å²) in [6.45, 7) is 4.90. The van der Waals surface area contributed by atoms with E-state index < -0.39 is 8.07 Å². The van der Waals surface area contributed by atoms with Crippen LogP contribution in [0.1, 0.15) is 0 Å². The predicted molar refractivity (Wildman–Crippen MR) is 296 cm³/mol. The van der Waals surface area contributed by atoms with Crippen molar-refractivity contribution >= 4 is 134 Å². The summed E-state index contributed by atoms with van der Waals surface area (Å²) in [5.74, 6) is 0.892.